The Morgan fingerprint density at radius 2 is 1.91 bits per heavy atom. The zero-order chi connectivity index (χ0) is 23.1. The number of Topliss-reactive ketones (excluding diaryl/α,β-unsaturated/α-hetero) is 1. The fourth-order valence-electron chi connectivity index (χ4n) is 4.39. The smallest absolute Gasteiger partial charge is 0.251 e. The molecule has 1 unspecified atom stereocenters. The van der Waals surface area contributed by atoms with E-state index in [0.29, 0.717) is 30.4 Å². The number of likely N-dealkylation sites (tertiary alicyclic amines) is 1. The van der Waals surface area contributed by atoms with E-state index in [9.17, 15) is 14.4 Å². The summed E-state index contributed by atoms with van der Waals surface area (Å²) < 4.78 is 3.05. The summed E-state index contributed by atoms with van der Waals surface area (Å²) >= 11 is 1.55. The van der Waals surface area contributed by atoms with Gasteiger partial charge in [-0.05, 0) is 43.2 Å². The Morgan fingerprint density at radius 1 is 1.15 bits per heavy atom. The van der Waals surface area contributed by atoms with Gasteiger partial charge in [0.1, 0.15) is 0 Å². The van der Waals surface area contributed by atoms with Crippen LogP contribution >= 0.6 is 11.3 Å². The minimum absolute atomic E-state index is 0.104. The van der Waals surface area contributed by atoms with Crippen LogP contribution in [0.5, 0.6) is 0 Å². The number of ketones is 1. The second kappa shape index (κ2) is 8.44. The van der Waals surface area contributed by atoms with Crippen molar-refractivity contribution in [1.82, 2.24) is 19.6 Å². The zero-order valence-electron chi connectivity index (χ0n) is 18.5. The van der Waals surface area contributed by atoms with Crippen molar-refractivity contribution in [3.63, 3.8) is 0 Å². The van der Waals surface area contributed by atoms with Crippen LogP contribution in [0.3, 0.4) is 0 Å². The summed E-state index contributed by atoms with van der Waals surface area (Å²) in [6, 6.07) is 13.3. The molecule has 2 amide bonds. The maximum absolute atomic E-state index is 12.8. The van der Waals surface area contributed by atoms with Gasteiger partial charge in [0, 0.05) is 55.9 Å². The number of carbonyl (C=O) groups is 3. The van der Waals surface area contributed by atoms with E-state index in [-0.39, 0.29) is 23.6 Å². The van der Waals surface area contributed by atoms with E-state index in [1.807, 2.05) is 48.0 Å². The SMILES string of the molecule is CNC(=O)c1ccc(-c2cn3c(n2)sc2cc(C(=O)CCC4CCC(=O)N4C)ccc23)cc1. The van der Waals surface area contributed by atoms with E-state index in [2.05, 4.69) is 5.32 Å². The topological polar surface area (TPSA) is 83.8 Å². The van der Waals surface area contributed by atoms with Crippen molar-refractivity contribution in [2.45, 2.75) is 31.7 Å². The lowest BCUT2D eigenvalue weighted by Gasteiger charge is -2.19. The standard InChI is InChI=1S/C25H24N4O3S/c1-26-24(32)16-5-3-15(4-6-16)19-14-29-20-10-7-17(13-22(20)33-25(29)27-19)21(30)11-8-18-9-12-23(31)28(18)2/h3-7,10,13-14,18H,8-9,11-12H2,1-2H3,(H,26,32). The first kappa shape index (κ1) is 21.3. The monoisotopic (exact) mass is 460 g/mol. The molecule has 1 fully saturated rings. The lowest BCUT2D eigenvalue weighted by molar-refractivity contribution is -0.127. The number of hydrogen-bond donors (Lipinski definition) is 1. The Bertz CT molecular complexity index is 1390. The average molecular weight is 461 g/mol. The van der Waals surface area contributed by atoms with E-state index in [1.165, 1.54) is 0 Å². The molecule has 5 rings (SSSR count). The minimum atomic E-state index is -0.118. The summed E-state index contributed by atoms with van der Waals surface area (Å²) in [5.74, 6) is 0.151. The number of nitrogens with one attached hydrogen (secondary N) is 1. The van der Waals surface area contributed by atoms with Crippen LogP contribution in [0.2, 0.25) is 0 Å². The fourth-order valence-corrected chi connectivity index (χ4v) is 5.44. The normalized spacial score (nSPS) is 16.1. The third kappa shape index (κ3) is 3.91. The highest BCUT2D eigenvalue weighted by molar-refractivity contribution is 7.23. The first-order valence-electron chi connectivity index (χ1n) is 11.0. The molecule has 1 aliphatic heterocycles. The highest BCUT2D eigenvalue weighted by Crippen LogP contribution is 2.31. The first-order valence-corrected chi connectivity index (χ1v) is 11.8. The molecule has 0 saturated carbocycles. The Labute approximate surface area is 195 Å². The van der Waals surface area contributed by atoms with Gasteiger partial charge >= 0.3 is 0 Å². The summed E-state index contributed by atoms with van der Waals surface area (Å²) in [4.78, 5) is 43.6. The molecule has 8 heteroatoms. The minimum Gasteiger partial charge on any atom is -0.355 e. The molecule has 2 aromatic carbocycles. The molecule has 2 aromatic heterocycles. The van der Waals surface area contributed by atoms with Crippen molar-refractivity contribution in [2.75, 3.05) is 14.1 Å². The van der Waals surface area contributed by atoms with Gasteiger partial charge < -0.3 is 10.2 Å². The summed E-state index contributed by atoms with van der Waals surface area (Å²) in [5.41, 5.74) is 4.09. The number of rotatable bonds is 6. The van der Waals surface area contributed by atoms with Crippen molar-refractivity contribution in [2.24, 2.45) is 0 Å². The van der Waals surface area contributed by atoms with Gasteiger partial charge in [-0.25, -0.2) is 4.98 Å². The van der Waals surface area contributed by atoms with Gasteiger partial charge in [-0.1, -0.05) is 23.5 Å². The van der Waals surface area contributed by atoms with Gasteiger partial charge in [0.25, 0.3) is 5.91 Å². The molecular weight excluding hydrogens is 436 g/mol. The molecule has 1 N–H and O–H groups in total. The van der Waals surface area contributed by atoms with E-state index >= 15 is 0 Å². The number of thiazole rings is 1. The lowest BCUT2D eigenvalue weighted by Crippen LogP contribution is -2.29. The molecule has 0 aliphatic carbocycles. The second-order valence-corrected chi connectivity index (χ2v) is 9.39. The quantitative estimate of drug-likeness (QED) is 0.438. The van der Waals surface area contributed by atoms with Crippen LogP contribution in [0.15, 0.2) is 48.7 Å². The Hall–Kier alpha value is -3.52. The van der Waals surface area contributed by atoms with Gasteiger partial charge in [0.05, 0.1) is 15.9 Å². The molecule has 7 nitrogen and oxygen atoms in total. The molecule has 3 heterocycles. The summed E-state index contributed by atoms with van der Waals surface area (Å²) in [7, 11) is 3.43. The predicted molar refractivity (Wildman–Crippen MR) is 129 cm³/mol. The number of nitrogens with zero attached hydrogens (tertiary/aromatic N) is 3. The molecule has 168 valence electrons. The maximum Gasteiger partial charge on any atom is 0.251 e. The van der Waals surface area contributed by atoms with Gasteiger partial charge in [0.2, 0.25) is 5.91 Å². The first-order chi connectivity index (χ1) is 15.9. The van der Waals surface area contributed by atoms with Crippen molar-refractivity contribution in [3.05, 3.63) is 59.8 Å². The third-order valence-corrected chi connectivity index (χ3v) is 7.44. The van der Waals surface area contributed by atoms with Crippen LogP contribution in [0.25, 0.3) is 26.4 Å². The number of imidazole rings is 1. The van der Waals surface area contributed by atoms with E-state index < -0.39 is 0 Å². The molecule has 33 heavy (non-hydrogen) atoms. The highest BCUT2D eigenvalue weighted by atomic mass is 32.1. The number of carbonyl (C=O) groups excluding carboxylic acids is 3. The number of aromatic nitrogens is 2. The van der Waals surface area contributed by atoms with E-state index in [1.54, 1.807) is 35.4 Å². The summed E-state index contributed by atoms with van der Waals surface area (Å²) in [5, 5.41) is 2.62. The van der Waals surface area contributed by atoms with Crippen LogP contribution in [0, 0.1) is 0 Å². The molecule has 0 spiro atoms. The zero-order valence-corrected chi connectivity index (χ0v) is 19.3. The molecule has 0 bridgehead atoms. The second-order valence-electron chi connectivity index (χ2n) is 8.38. The van der Waals surface area contributed by atoms with Gasteiger partial charge in [-0.15, -0.1) is 0 Å². The number of fused-ring (bicyclic) bond motifs is 3. The third-order valence-electron chi connectivity index (χ3n) is 6.42. The molecule has 1 aliphatic rings. The van der Waals surface area contributed by atoms with Crippen molar-refractivity contribution < 1.29 is 14.4 Å². The predicted octanol–water partition coefficient (Wildman–Crippen LogP) is 4.16. The molecule has 1 saturated heterocycles. The van der Waals surface area contributed by atoms with E-state index in [0.717, 1.165) is 32.9 Å². The molecule has 1 atom stereocenters. The Kier molecular flexibility index (Phi) is 5.46. The van der Waals surface area contributed by atoms with Crippen LogP contribution in [-0.4, -0.2) is 52.0 Å². The Balaban J connectivity index is 1.35. The number of hydrogen-bond acceptors (Lipinski definition) is 5. The van der Waals surface area contributed by atoms with E-state index in [4.69, 9.17) is 4.98 Å². The number of benzene rings is 2. The molecular formula is C25H24N4O3S. The van der Waals surface area contributed by atoms with Gasteiger partial charge in [0.15, 0.2) is 10.7 Å². The lowest BCUT2D eigenvalue weighted by atomic mass is 10.0. The Morgan fingerprint density at radius 3 is 2.61 bits per heavy atom. The van der Waals surface area contributed by atoms with Crippen LogP contribution in [0.1, 0.15) is 46.4 Å². The fraction of sp³-hybridized carbons (Fsp3) is 0.280. The van der Waals surface area contributed by atoms with Crippen molar-refractivity contribution >= 4 is 44.1 Å². The summed E-state index contributed by atoms with van der Waals surface area (Å²) in [6.45, 7) is 0. The molecule has 0 radical (unpaired) electrons. The van der Waals surface area contributed by atoms with Gasteiger partial charge in [-0.2, -0.15) is 0 Å². The average Bonchev–Trinajstić information content (AvgIpc) is 3.50. The maximum atomic E-state index is 12.8. The number of amides is 2. The largest absolute Gasteiger partial charge is 0.355 e. The molecule has 4 aromatic rings. The van der Waals surface area contributed by atoms with Crippen molar-refractivity contribution in [1.29, 1.82) is 0 Å². The van der Waals surface area contributed by atoms with Crippen molar-refractivity contribution in [3.8, 4) is 11.3 Å². The van der Waals surface area contributed by atoms with Crippen LogP contribution in [0.4, 0.5) is 0 Å². The highest BCUT2D eigenvalue weighted by Gasteiger charge is 2.27. The van der Waals surface area contributed by atoms with Crippen LogP contribution in [-0.2, 0) is 4.79 Å². The summed E-state index contributed by atoms with van der Waals surface area (Å²) in [6.07, 6.45) is 4.54. The van der Waals surface area contributed by atoms with Crippen LogP contribution < -0.4 is 5.32 Å². The van der Waals surface area contributed by atoms with Gasteiger partial charge in [-0.3, -0.25) is 18.8 Å².